The first-order valence-electron chi connectivity index (χ1n) is 5.85. The Morgan fingerprint density at radius 2 is 2.00 bits per heavy atom. The van der Waals surface area contributed by atoms with Gasteiger partial charge in [0.25, 0.3) is 5.91 Å². The molecule has 1 N–H and O–H groups in total. The van der Waals surface area contributed by atoms with E-state index in [-0.39, 0.29) is 18.2 Å². The van der Waals surface area contributed by atoms with Crippen LogP contribution in [0.3, 0.4) is 0 Å². The quantitative estimate of drug-likeness (QED) is 0.648. The molecule has 1 saturated heterocycles. The van der Waals surface area contributed by atoms with Gasteiger partial charge >= 0.3 is 0 Å². The molecule has 2 aromatic rings. The third kappa shape index (κ3) is 2.30. The van der Waals surface area contributed by atoms with E-state index in [2.05, 4.69) is 10.3 Å². The summed E-state index contributed by atoms with van der Waals surface area (Å²) in [5, 5.41) is 2.26. The monoisotopic (exact) mass is 253 g/mol. The summed E-state index contributed by atoms with van der Waals surface area (Å²) in [6.45, 7) is 0. The van der Waals surface area contributed by atoms with Crippen molar-refractivity contribution in [2.45, 2.75) is 6.42 Å². The normalized spacial score (nSPS) is 16.9. The number of hydrogen-bond acceptors (Lipinski definition) is 3. The minimum Gasteiger partial charge on any atom is -0.306 e. The summed E-state index contributed by atoms with van der Waals surface area (Å²) < 4.78 is 1.89. The van der Waals surface area contributed by atoms with Crippen LogP contribution in [0.25, 0.3) is 11.8 Å². The average Bonchev–Trinajstić information content (AvgIpc) is 3.01. The summed E-state index contributed by atoms with van der Waals surface area (Å²) in [5.74, 6) is -0.546. The van der Waals surface area contributed by atoms with Crippen LogP contribution >= 0.6 is 0 Å². The third-order valence-corrected chi connectivity index (χ3v) is 2.93. The molecule has 0 bridgehead atoms. The summed E-state index contributed by atoms with van der Waals surface area (Å²) >= 11 is 0. The molecular weight excluding hydrogens is 242 g/mol. The lowest BCUT2D eigenvalue weighted by molar-refractivity contribution is -0.124. The Morgan fingerprint density at radius 1 is 1.21 bits per heavy atom. The van der Waals surface area contributed by atoms with E-state index in [1.165, 1.54) is 0 Å². The number of imidazole rings is 1. The standard InChI is InChI=1S/C14H11N3O2/c18-13-8-11(14(19)16-13)7-10-1-3-12(4-2-10)17-6-5-15-9-17/h1-7,9H,8H2,(H,16,18,19). The second kappa shape index (κ2) is 4.53. The van der Waals surface area contributed by atoms with Gasteiger partial charge in [-0.25, -0.2) is 4.98 Å². The van der Waals surface area contributed by atoms with Crippen LogP contribution in [0.5, 0.6) is 0 Å². The molecule has 0 aliphatic carbocycles. The average molecular weight is 253 g/mol. The van der Waals surface area contributed by atoms with Gasteiger partial charge < -0.3 is 4.57 Å². The number of aromatic nitrogens is 2. The van der Waals surface area contributed by atoms with Crippen LogP contribution in [-0.2, 0) is 9.59 Å². The molecule has 5 heteroatoms. The molecule has 94 valence electrons. The van der Waals surface area contributed by atoms with Gasteiger partial charge in [-0.2, -0.15) is 0 Å². The van der Waals surface area contributed by atoms with E-state index in [0.717, 1.165) is 11.3 Å². The van der Waals surface area contributed by atoms with E-state index in [0.29, 0.717) is 5.57 Å². The highest BCUT2D eigenvalue weighted by atomic mass is 16.2. The molecule has 1 aliphatic rings. The Hall–Kier alpha value is -2.69. The van der Waals surface area contributed by atoms with Crippen LogP contribution < -0.4 is 5.32 Å². The highest BCUT2D eigenvalue weighted by Gasteiger charge is 2.23. The Morgan fingerprint density at radius 3 is 2.58 bits per heavy atom. The lowest BCUT2D eigenvalue weighted by atomic mass is 10.1. The first-order valence-corrected chi connectivity index (χ1v) is 5.85. The molecule has 1 aromatic carbocycles. The predicted molar refractivity (Wildman–Crippen MR) is 69.3 cm³/mol. The van der Waals surface area contributed by atoms with E-state index in [1.54, 1.807) is 18.6 Å². The fourth-order valence-electron chi connectivity index (χ4n) is 1.98. The van der Waals surface area contributed by atoms with Crippen molar-refractivity contribution in [2.24, 2.45) is 0 Å². The lowest BCUT2D eigenvalue weighted by Crippen LogP contribution is -2.19. The SMILES string of the molecule is O=C1CC(=Cc2ccc(-n3ccnc3)cc2)C(=O)N1. The number of nitrogens with one attached hydrogen (secondary N) is 1. The summed E-state index contributed by atoms with van der Waals surface area (Å²) in [5.41, 5.74) is 2.38. The van der Waals surface area contributed by atoms with Gasteiger partial charge in [0.1, 0.15) is 0 Å². The maximum absolute atomic E-state index is 11.4. The lowest BCUT2D eigenvalue weighted by Gasteiger charge is -2.02. The first kappa shape index (κ1) is 11.4. The van der Waals surface area contributed by atoms with Gasteiger partial charge in [-0.3, -0.25) is 14.9 Å². The number of rotatable bonds is 2. The van der Waals surface area contributed by atoms with Crippen LogP contribution in [0, 0.1) is 0 Å². The number of carbonyl (C=O) groups is 2. The van der Waals surface area contributed by atoms with Gasteiger partial charge in [-0.1, -0.05) is 12.1 Å². The van der Waals surface area contributed by atoms with E-state index in [1.807, 2.05) is 35.0 Å². The van der Waals surface area contributed by atoms with Crippen LogP contribution in [0.2, 0.25) is 0 Å². The van der Waals surface area contributed by atoms with E-state index >= 15 is 0 Å². The molecule has 19 heavy (non-hydrogen) atoms. The number of carbonyl (C=O) groups excluding carboxylic acids is 2. The molecule has 1 aromatic heterocycles. The van der Waals surface area contributed by atoms with Crippen molar-refractivity contribution >= 4 is 17.9 Å². The molecule has 0 unspecified atom stereocenters. The van der Waals surface area contributed by atoms with Crippen molar-refractivity contribution in [2.75, 3.05) is 0 Å². The molecule has 0 saturated carbocycles. The Kier molecular flexibility index (Phi) is 2.72. The van der Waals surface area contributed by atoms with Crippen molar-refractivity contribution in [3.05, 3.63) is 54.1 Å². The highest BCUT2D eigenvalue weighted by molar-refractivity contribution is 6.15. The van der Waals surface area contributed by atoms with Crippen LogP contribution in [-0.4, -0.2) is 21.4 Å². The van der Waals surface area contributed by atoms with E-state index in [9.17, 15) is 9.59 Å². The number of hydrogen-bond donors (Lipinski definition) is 1. The summed E-state index contributed by atoms with van der Waals surface area (Å²) in [4.78, 5) is 26.5. The Labute approximate surface area is 109 Å². The topological polar surface area (TPSA) is 64.0 Å². The molecule has 0 spiro atoms. The minimum absolute atomic E-state index is 0.155. The largest absolute Gasteiger partial charge is 0.306 e. The Bertz CT molecular complexity index is 655. The fraction of sp³-hybridized carbons (Fsp3) is 0.0714. The zero-order valence-corrected chi connectivity index (χ0v) is 10.0. The number of imide groups is 1. The Balaban J connectivity index is 1.86. The molecular formula is C14H11N3O2. The van der Waals surface area contributed by atoms with Crippen LogP contribution in [0.4, 0.5) is 0 Å². The first-order chi connectivity index (χ1) is 9.22. The smallest absolute Gasteiger partial charge is 0.254 e. The highest BCUT2D eigenvalue weighted by Crippen LogP contribution is 2.16. The van der Waals surface area contributed by atoms with Crippen molar-refractivity contribution in [1.29, 1.82) is 0 Å². The van der Waals surface area contributed by atoms with Crippen molar-refractivity contribution in [3.63, 3.8) is 0 Å². The van der Waals surface area contributed by atoms with Crippen molar-refractivity contribution in [1.82, 2.24) is 14.9 Å². The molecule has 1 fully saturated rings. The molecule has 1 aliphatic heterocycles. The molecule has 2 amide bonds. The van der Waals surface area contributed by atoms with E-state index < -0.39 is 0 Å². The fourth-order valence-corrected chi connectivity index (χ4v) is 1.98. The zero-order chi connectivity index (χ0) is 13.2. The minimum atomic E-state index is -0.302. The van der Waals surface area contributed by atoms with Crippen LogP contribution in [0.1, 0.15) is 12.0 Å². The van der Waals surface area contributed by atoms with E-state index in [4.69, 9.17) is 0 Å². The van der Waals surface area contributed by atoms with Crippen molar-refractivity contribution in [3.8, 4) is 5.69 Å². The van der Waals surface area contributed by atoms with Gasteiger partial charge in [0.15, 0.2) is 0 Å². The maximum Gasteiger partial charge on any atom is 0.254 e. The molecule has 0 radical (unpaired) electrons. The predicted octanol–water partition coefficient (Wildman–Crippen LogP) is 1.30. The summed E-state index contributed by atoms with van der Waals surface area (Å²) in [6, 6.07) is 7.67. The van der Waals surface area contributed by atoms with Gasteiger partial charge in [0.2, 0.25) is 5.91 Å². The molecule has 2 heterocycles. The van der Waals surface area contributed by atoms with Gasteiger partial charge in [-0.15, -0.1) is 0 Å². The number of nitrogens with zero attached hydrogens (tertiary/aromatic N) is 2. The second-order valence-electron chi connectivity index (χ2n) is 4.29. The number of amides is 2. The molecule has 5 nitrogen and oxygen atoms in total. The maximum atomic E-state index is 11.4. The second-order valence-corrected chi connectivity index (χ2v) is 4.29. The zero-order valence-electron chi connectivity index (χ0n) is 10.0. The number of benzene rings is 1. The van der Waals surface area contributed by atoms with Crippen molar-refractivity contribution < 1.29 is 9.59 Å². The van der Waals surface area contributed by atoms with Gasteiger partial charge in [0, 0.05) is 23.7 Å². The molecule has 3 rings (SSSR count). The molecule has 0 atom stereocenters. The van der Waals surface area contributed by atoms with Crippen LogP contribution in [0.15, 0.2) is 48.6 Å². The van der Waals surface area contributed by atoms with Gasteiger partial charge in [-0.05, 0) is 23.8 Å². The third-order valence-electron chi connectivity index (χ3n) is 2.93. The van der Waals surface area contributed by atoms with Gasteiger partial charge in [0.05, 0.1) is 12.7 Å². The summed E-state index contributed by atoms with van der Waals surface area (Å²) in [6.07, 6.45) is 7.18. The summed E-state index contributed by atoms with van der Waals surface area (Å²) in [7, 11) is 0.